The van der Waals surface area contributed by atoms with Gasteiger partial charge >= 0.3 is 0 Å². The first-order chi connectivity index (χ1) is 10.0. The molecule has 0 aromatic heterocycles. The molecule has 0 saturated carbocycles. The van der Waals surface area contributed by atoms with Gasteiger partial charge in [0, 0.05) is 11.1 Å². The Balaban J connectivity index is 2.29. The van der Waals surface area contributed by atoms with Crippen LogP contribution in [0.2, 0.25) is 5.02 Å². The Hall–Kier alpha value is -2.60. The quantitative estimate of drug-likeness (QED) is 0.352. The molecule has 0 unspecified atom stereocenters. The summed E-state index contributed by atoms with van der Waals surface area (Å²) in [5.74, 6) is -1.15. The minimum Gasteiger partial charge on any atom is -0.409 e. The second kappa shape index (κ2) is 6.23. The number of hydrogen-bond acceptors (Lipinski definition) is 3. The zero-order chi connectivity index (χ0) is 15.4. The summed E-state index contributed by atoms with van der Waals surface area (Å²) < 4.78 is 13.1. The highest BCUT2D eigenvalue weighted by molar-refractivity contribution is 6.34. The van der Waals surface area contributed by atoms with Gasteiger partial charge in [0.25, 0.3) is 5.91 Å². The van der Waals surface area contributed by atoms with E-state index in [1.807, 2.05) is 0 Å². The number of nitrogens with one attached hydrogen (secondary N) is 1. The van der Waals surface area contributed by atoms with Crippen molar-refractivity contribution >= 4 is 29.0 Å². The molecule has 0 aliphatic rings. The smallest absolute Gasteiger partial charge is 0.255 e. The minimum absolute atomic E-state index is 0.118. The van der Waals surface area contributed by atoms with Gasteiger partial charge in [0.05, 0.1) is 10.7 Å². The van der Waals surface area contributed by atoms with Gasteiger partial charge in [0.2, 0.25) is 0 Å². The van der Waals surface area contributed by atoms with Crippen LogP contribution in [-0.4, -0.2) is 17.0 Å². The molecule has 108 valence electrons. The predicted octanol–water partition coefficient (Wildman–Crippen LogP) is 2.83. The summed E-state index contributed by atoms with van der Waals surface area (Å²) in [6, 6.07) is 9.73. The molecule has 4 N–H and O–H groups in total. The normalized spacial score (nSPS) is 11.2. The lowest BCUT2D eigenvalue weighted by Gasteiger charge is -2.09. The molecule has 0 fully saturated rings. The van der Waals surface area contributed by atoms with E-state index in [1.165, 1.54) is 36.4 Å². The number of nitrogens with two attached hydrogens (primary N) is 1. The molecule has 2 aromatic rings. The van der Waals surface area contributed by atoms with Crippen LogP contribution in [0.1, 0.15) is 15.9 Å². The number of amides is 1. The van der Waals surface area contributed by atoms with Crippen molar-refractivity contribution < 1.29 is 14.4 Å². The number of amidine groups is 1. The molecule has 0 radical (unpaired) electrons. The zero-order valence-electron chi connectivity index (χ0n) is 10.7. The lowest BCUT2D eigenvalue weighted by molar-refractivity contribution is 0.102. The summed E-state index contributed by atoms with van der Waals surface area (Å²) in [4.78, 5) is 12.0. The Morgan fingerprint density at radius 2 is 2.00 bits per heavy atom. The topological polar surface area (TPSA) is 87.7 Å². The van der Waals surface area contributed by atoms with E-state index in [2.05, 4.69) is 10.5 Å². The molecule has 5 nitrogen and oxygen atoms in total. The SMILES string of the molecule is N/C(=N/O)c1ccc(Cl)c(NC(=O)c2cccc(F)c2)c1. The standard InChI is InChI=1S/C14H11ClFN3O2/c15-11-5-4-8(13(17)19-21)7-12(11)18-14(20)9-2-1-3-10(16)6-9/h1-7,21H,(H2,17,19)(H,18,20). The van der Waals surface area contributed by atoms with E-state index in [4.69, 9.17) is 22.5 Å². The monoisotopic (exact) mass is 307 g/mol. The van der Waals surface area contributed by atoms with Gasteiger partial charge in [-0.2, -0.15) is 0 Å². The molecule has 2 rings (SSSR count). The number of benzene rings is 2. The Morgan fingerprint density at radius 1 is 1.24 bits per heavy atom. The Labute approximate surface area is 124 Å². The first kappa shape index (κ1) is 14.8. The van der Waals surface area contributed by atoms with Gasteiger partial charge < -0.3 is 16.3 Å². The van der Waals surface area contributed by atoms with Crippen molar-refractivity contribution in [1.29, 1.82) is 0 Å². The summed E-state index contributed by atoms with van der Waals surface area (Å²) >= 11 is 5.97. The van der Waals surface area contributed by atoms with Crippen LogP contribution in [0.25, 0.3) is 0 Å². The van der Waals surface area contributed by atoms with Crippen molar-refractivity contribution in [3.05, 3.63) is 64.4 Å². The second-order valence-corrected chi connectivity index (χ2v) is 4.55. The highest BCUT2D eigenvalue weighted by Crippen LogP contribution is 2.23. The van der Waals surface area contributed by atoms with Crippen molar-refractivity contribution in [2.24, 2.45) is 10.9 Å². The molecular weight excluding hydrogens is 297 g/mol. The van der Waals surface area contributed by atoms with Crippen molar-refractivity contribution in [3.8, 4) is 0 Å². The lowest BCUT2D eigenvalue weighted by atomic mass is 10.1. The van der Waals surface area contributed by atoms with Gasteiger partial charge in [-0.3, -0.25) is 4.79 Å². The third kappa shape index (κ3) is 3.49. The van der Waals surface area contributed by atoms with Crippen LogP contribution in [0.4, 0.5) is 10.1 Å². The summed E-state index contributed by atoms with van der Waals surface area (Å²) in [5, 5.41) is 14.3. The Kier molecular flexibility index (Phi) is 4.39. The molecule has 21 heavy (non-hydrogen) atoms. The minimum atomic E-state index is -0.520. The maximum absolute atomic E-state index is 13.1. The summed E-state index contributed by atoms with van der Waals surface area (Å²) in [5.41, 5.74) is 6.28. The Morgan fingerprint density at radius 3 is 2.67 bits per heavy atom. The molecule has 0 spiro atoms. The molecule has 0 aliphatic heterocycles. The average Bonchev–Trinajstić information content (AvgIpc) is 2.48. The van der Waals surface area contributed by atoms with Crippen LogP contribution in [0, 0.1) is 5.82 Å². The molecule has 2 aromatic carbocycles. The van der Waals surface area contributed by atoms with Gasteiger partial charge in [0.1, 0.15) is 5.82 Å². The summed E-state index contributed by atoms with van der Waals surface area (Å²) in [6.45, 7) is 0. The third-order valence-electron chi connectivity index (χ3n) is 2.70. The van der Waals surface area contributed by atoms with E-state index < -0.39 is 11.7 Å². The van der Waals surface area contributed by atoms with E-state index >= 15 is 0 Å². The molecule has 7 heteroatoms. The van der Waals surface area contributed by atoms with Gasteiger partial charge in [-0.25, -0.2) is 4.39 Å². The summed E-state index contributed by atoms with van der Waals surface area (Å²) in [6.07, 6.45) is 0. The first-order valence-corrected chi connectivity index (χ1v) is 6.23. The third-order valence-corrected chi connectivity index (χ3v) is 3.03. The fraction of sp³-hybridized carbons (Fsp3) is 0. The molecule has 1 amide bonds. The van der Waals surface area contributed by atoms with Crippen LogP contribution in [0.3, 0.4) is 0 Å². The molecular formula is C14H11ClFN3O2. The number of oxime groups is 1. The molecule has 0 aliphatic carbocycles. The molecule has 0 saturated heterocycles. The van der Waals surface area contributed by atoms with E-state index in [-0.39, 0.29) is 22.1 Å². The van der Waals surface area contributed by atoms with Crippen LogP contribution in [-0.2, 0) is 0 Å². The number of anilines is 1. The first-order valence-electron chi connectivity index (χ1n) is 5.85. The predicted molar refractivity (Wildman–Crippen MR) is 78.3 cm³/mol. The maximum Gasteiger partial charge on any atom is 0.255 e. The number of nitrogens with zero attached hydrogens (tertiary/aromatic N) is 1. The van der Waals surface area contributed by atoms with Crippen molar-refractivity contribution in [2.45, 2.75) is 0 Å². The molecule has 0 bridgehead atoms. The van der Waals surface area contributed by atoms with E-state index in [0.717, 1.165) is 6.07 Å². The fourth-order valence-corrected chi connectivity index (χ4v) is 1.83. The van der Waals surface area contributed by atoms with Gasteiger partial charge in [-0.1, -0.05) is 22.8 Å². The Bertz CT molecular complexity index is 719. The fourth-order valence-electron chi connectivity index (χ4n) is 1.66. The lowest BCUT2D eigenvalue weighted by Crippen LogP contribution is -2.15. The van der Waals surface area contributed by atoms with Crippen LogP contribution in [0.5, 0.6) is 0 Å². The van der Waals surface area contributed by atoms with Crippen molar-refractivity contribution in [3.63, 3.8) is 0 Å². The molecule has 0 atom stereocenters. The number of carbonyl (C=O) groups excluding carboxylic acids is 1. The highest BCUT2D eigenvalue weighted by atomic mass is 35.5. The largest absolute Gasteiger partial charge is 0.409 e. The van der Waals surface area contributed by atoms with Crippen LogP contribution >= 0.6 is 11.6 Å². The van der Waals surface area contributed by atoms with E-state index in [9.17, 15) is 9.18 Å². The number of hydrogen-bond donors (Lipinski definition) is 3. The second-order valence-electron chi connectivity index (χ2n) is 4.14. The maximum atomic E-state index is 13.1. The summed E-state index contributed by atoms with van der Waals surface area (Å²) in [7, 11) is 0. The van der Waals surface area contributed by atoms with Gasteiger partial charge in [-0.15, -0.1) is 0 Å². The van der Waals surface area contributed by atoms with E-state index in [1.54, 1.807) is 0 Å². The number of halogens is 2. The van der Waals surface area contributed by atoms with Gasteiger partial charge in [0.15, 0.2) is 5.84 Å². The average molecular weight is 308 g/mol. The highest BCUT2D eigenvalue weighted by Gasteiger charge is 2.11. The van der Waals surface area contributed by atoms with Gasteiger partial charge in [-0.05, 0) is 36.4 Å². The van der Waals surface area contributed by atoms with Crippen molar-refractivity contribution in [1.82, 2.24) is 0 Å². The zero-order valence-corrected chi connectivity index (χ0v) is 11.4. The van der Waals surface area contributed by atoms with Crippen molar-refractivity contribution in [2.75, 3.05) is 5.32 Å². The molecule has 0 heterocycles. The number of carbonyl (C=O) groups is 1. The number of rotatable bonds is 3. The van der Waals surface area contributed by atoms with Crippen LogP contribution in [0.15, 0.2) is 47.6 Å². The van der Waals surface area contributed by atoms with E-state index in [0.29, 0.717) is 5.56 Å². The van der Waals surface area contributed by atoms with Crippen LogP contribution < -0.4 is 11.1 Å².